The van der Waals surface area contributed by atoms with E-state index in [0.717, 1.165) is 39.5 Å². The molecule has 2 aromatic carbocycles. The lowest BCUT2D eigenvalue weighted by Gasteiger charge is -2.07. The number of rotatable bonds is 7. The van der Waals surface area contributed by atoms with Crippen molar-refractivity contribution in [3.8, 4) is 22.3 Å². The molecule has 0 saturated heterocycles. The van der Waals surface area contributed by atoms with Gasteiger partial charge in [0.05, 0.1) is 23.9 Å². The molecule has 0 bridgehead atoms. The molecule has 0 aliphatic heterocycles. The molecule has 11 heteroatoms. The zero-order chi connectivity index (χ0) is 24.6. The normalized spacial score (nSPS) is 11.6. The molecule has 0 unspecified atom stereocenters. The van der Waals surface area contributed by atoms with E-state index in [2.05, 4.69) is 19.8 Å². The van der Waals surface area contributed by atoms with Gasteiger partial charge in [0.25, 0.3) is 5.69 Å². The fourth-order valence-electron chi connectivity index (χ4n) is 3.92. The van der Waals surface area contributed by atoms with Gasteiger partial charge >= 0.3 is 0 Å². The maximum Gasteiger partial charge on any atom is 0.269 e. The van der Waals surface area contributed by atoms with Crippen molar-refractivity contribution in [2.24, 2.45) is 0 Å². The maximum absolute atomic E-state index is 11.6. The summed E-state index contributed by atoms with van der Waals surface area (Å²) in [5.41, 5.74) is 5.43. The highest BCUT2D eigenvalue weighted by Gasteiger charge is 2.13. The van der Waals surface area contributed by atoms with Crippen LogP contribution in [0.4, 0.5) is 11.4 Å². The Morgan fingerprint density at radius 3 is 2.69 bits per heavy atom. The molecule has 0 atom stereocenters. The molecule has 2 N–H and O–H groups in total. The van der Waals surface area contributed by atoms with Crippen LogP contribution in [0, 0.1) is 10.1 Å². The molecule has 3 heterocycles. The van der Waals surface area contributed by atoms with Crippen LogP contribution in [0.1, 0.15) is 5.56 Å². The van der Waals surface area contributed by atoms with E-state index in [4.69, 9.17) is 0 Å². The molecule has 0 aliphatic rings. The van der Waals surface area contributed by atoms with Crippen LogP contribution in [-0.4, -0.2) is 39.3 Å². The van der Waals surface area contributed by atoms with Gasteiger partial charge in [0, 0.05) is 58.5 Å². The van der Waals surface area contributed by atoms with Crippen molar-refractivity contribution in [1.82, 2.24) is 19.7 Å². The van der Waals surface area contributed by atoms with Gasteiger partial charge in [-0.05, 0) is 29.3 Å². The van der Waals surface area contributed by atoms with Crippen molar-refractivity contribution < 1.29 is 13.3 Å². The molecule has 5 aromatic rings. The second kappa shape index (κ2) is 8.69. The van der Waals surface area contributed by atoms with Crippen molar-refractivity contribution in [2.75, 3.05) is 11.0 Å². The number of H-pyrrole nitrogens is 1. The van der Waals surface area contributed by atoms with Crippen LogP contribution >= 0.6 is 0 Å². The predicted octanol–water partition coefficient (Wildman–Crippen LogP) is 4.42. The summed E-state index contributed by atoms with van der Waals surface area (Å²) in [6.45, 7) is 0.396. The highest BCUT2D eigenvalue weighted by molar-refractivity contribution is 7.92. The number of aromatic amines is 1. The van der Waals surface area contributed by atoms with Gasteiger partial charge in [-0.25, -0.2) is 13.4 Å². The zero-order valence-electron chi connectivity index (χ0n) is 18.5. The van der Waals surface area contributed by atoms with Crippen LogP contribution in [0.15, 0.2) is 79.4 Å². The van der Waals surface area contributed by atoms with Crippen LogP contribution in [-0.2, 0) is 16.6 Å². The summed E-state index contributed by atoms with van der Waals surface area (Å²) in [5, 5.41) is 16.4. The van der Waals surface area contributed by atoms with E-state index in [1.165, 1.54) is 12.1 Å². The van der Waals surface area contributed by atoms with E-state index in [-0.39, 0.29) is 5.69 Å². The van der Waals surface area contributed by atoms with E-state index in [1.54, 1.807) is 41.3 Å². The van der Waals surface area contributed by atoms with Crippen molar-refractivity contribution in [1.29, 1.82) is 0 Å². The predicted molar refractivity (Wildman–Crippen MR) is 133 cm³/mol. The Morgan fingerprint density at radius 2 is 1.89 bits per heavy atom. The van der Waals surface area contributed by atoms with Gasteiger partial charge < -0.3 is 4.98 Å². The number of fused-ring (bicyclic) bond motifs is 1. The van der Waals surface area contributed by atoms with Gasteiger partial charge in [-0.2, -0.15) is 5.10 Å². The third-order valence-electron chi connectivity index (χ3n) is 5.44. The van der Waals surface area contributed by atoms with Crippen LogP contribution in [0.2, 0.25) is 0 Å². The maximum atomic E-state index is 11.6. The van der Waals surface area contributed by atoms with Gasteiger partial charge in [0.2, 0.25) is 10.0 Å². The summed E-state index contributed by atoms with van der Waals surface area (Å²) < 4.78 is 27.4. The third-order valence-corrected chi connectivity index (χ3v) is 6.05. The number of nitro benzene ring substituents is 1. The highest BCUT2D eigenvalue weighted by atomic mass is 32.2. The van der Waals surface area contributed by atoms with Crippen molar-refractivity contribution in [3.63, 3.8) is 0 Å². The van der Waals surface area contributed by atoms with Gasteiger partial charge in [0.15, 0.2) is 0 Å². The van der Waals surface area contributed by atoms with Crippen molar-refractivity contribution >= 4 is 32.4 Å². The average molecular weight is 489 g/mol. The number of pyridine rings is 1. The number of non-ortho nitro benzene ring substituents is 1. The number of hydrogen-bond donors (Lipinski definition) is 2. The van der Waals surface area contributed by atoms with Crippen LogP contribution in [0.25, 0.3) is 33.3 Å². The molecule has 0 saturated carbocycles. The average Bonchev–Trinajstić information content (AvgIpc) is 3.44. The second-order valence-corrected chi connectivity index (χ2v) is 9.88. The standard InChI is InChI=1S/C24H20N6O4S/c1-35(33,34)28-20-6-3-5-17(9-20)18-10-22-23(13-26-24(22)25-11-18)19-12-27-29(15-19)14-16-4-2-7-21(8-16)30(31)32/h2-13,15,28H,14H2,1H3,(H,25,26). The Morgan fingerprint density at radius 1 is 1.06 bits per heavy atom. The molecule has 10 nitrogen and oxygen atoms in total. The number of benzene rings is 2. The molecular weight excluding hydrogens is 468 g/mol. The molecule has 0 amide bonds. The summed E-state index contributed by atoms with van der Waals surface area (Å²) >= 11 is 0. The van der Waals surface area contributed by atoms with E-state index in [0.29, 0.717) is 17.9 Å². The highest BCUT2D eigenvalue weighted by Crippen LogP contribution is 2.31. The molecule has 35 heavy (non-hydrogen) atoms. The minimum Gasteiger partial charge on any atom is -0.346 e. The largest absolute Gasteiger partial charge is 0.346 e. The monoisotopic (exact) mass is 488 g/mol. The molecule has 0 fully saturated rings. The number of nitrogens with one attached hydrogen (secondary N) is 2. The summed E-state index contributed by atoms with van der Waals surface area (Å²) in [7, 11) is -3.38. The number of nitrogens with zero attached hydrogens (tertiary/aromatic N) is 4. The zero-order valence-corrected chi connectivity index (χ0v) is 19.4. The molecule has 0 aliphatic carbocycles. The van der Waals surface area contributed by atoms with E-state index >= 15 is 0 Å². The van der Waals surface area contributed by atoms with Gasteiger partial charge in [-0.1, -0.05) is 24.3 Å². The van der Waals surface area contributed by atoms with E-state index in [9.17, 15) is 18.5 Å². The molecule has 3 aromatic heterocycles. The van der Waals surface area contributed by atoms with Crippen LogP contribution in [0.3, 0.4) is 0 Å². The lowest BCUT2D eigenvalue weighted by molar-refractivity contribution is -0.384. The quantitative estimate of drug-likeness (QED) is 0.257. The Balaban J connectivity index is 1.45. The Labute approximate surface area is 200 Å². The smallest absolute Gasteiger partial charge is 0.269 e. The second-order valence-electron chi connectivity index (χ2n) is 8.13. The SMILES string of the molecule is CS(=O)(=O)Nc1cccc(-c2cnc3[nH]cc(-c4cnn(Cc5cccc([N+](=O)[O-])c5)c4)c3c2)c1. The molecule has 5 rings (SSSR count). The Kier molecular flexibility index (Phi) is 5.53. The van der Waals surface area contributed by atoms with Crippen LogP contribution < -0.4 is 4.72 Å². The minimum atomic E-state index is -3.38. The number of anilines is 1. The van der Waals surface area contributed by atoms with Gasteiger partial charge in [-0.15, -0.1) is 0 Å². The third kappa shape index (κ3) is 4.89. The topological polar surface area (TPSA) is 136 Å². The first-order chi connectivity index (χ1) is 16.7. The lowest BCUT2D eigenvalue weighted by Crippen LogP contribution is -2.09. The Bertz CT molecular complexity index is 1670. The number of nitro groups is 1. The minimum absolute atomic E-state index is 0.0425. The first-order valence-electron chi connectivity index (χ1n) is 10.6. The van der Waals surface area contributed by atoms with E-state index in [1.807, 2.05) is 30.6 Å². The molecule has 0 radical (unpaired) electrons. The Hall–Kier alpha value is -4.51. The summed E-state index contributed by atoms with van der Waals surface area (Å²) in [4.78, 5) is 18.3. The number of aromatic nitrogens is 4. The first kappa shape index (κ1) is 22.3. The first-order valence-corrected chi connectivity index (χ1v) is 12.5. The number of hydrogen-bond acceptors (Lipinski definition) is 6. The van der Waals surface area contributed by atoms with Crippen LogP contribution in [0.5, 0.6) is 0 Å². The fourth-order valence-corrected chi connectivity index (χ4v) is 4.48. The summed E-state index contributed by atoms with van der Waals surface area (Å²) in [5.74, 6) is 0. The fraction of sp³-hybridized carbons (Fsp3) is 0.0833. The summed E-state index contributed by atoms with van der Waals surface area (Å²) in [6, 6.07) is 15.6. The van der Waals surface area contributed by atoms with E-state index < -0.39 is 14.9 Å². The molecular formula is C24H20N6O4S. The molecule has 176 valence electrons. The summed E-state index contributed by atoms with van der Waals surface area (Å²) in [6.07, 6.45) is 8.32. The number of sulfonamides is 1. The molecule has 0 spiro atoms. The lowest BCUT2D eigenvalue weighted by atomic mass is 10.0. The van der Waals surface area contributed by atoms with Crippen molar-refractivity contribution in [2.45, 2.75) is 6.54 Å². The van der Waals surface area contributed by atoms with Gasteiger partial charge in [0.1, 0.15) is 5.65 Å². The van der Waals surface area contributed by atoms with Gasteiger partial charge in [-0.3, -0.25) is 19.5 Å². The van der Waals surface area contributed by atoms with Crippen molar-refractivity contribution in [3.05, 3.63) is 95.1 Å².